The lowest BCUT2D eigenvalue weighted by Crippen LogP contribution is -2.62. The van der Waals surface area contributed by atoms with Crippen molar-refractivity contribution < 1.29 is 15.0 Å². The fourth-order valence-electron chi connectivity index (χ4n) is 8.88. The van der Waals surface area contributed by atoms with Crippen molar-refractivity contribution in [3.63, 3.8) is 0 Å². The Hall–Kier alpha value is -2.47. The normalized spacial score (nSPS) is 36.7. The van der Waals surface area contributed by atoms with E-state index in [-0.39, 0.29) is 34.7 Å². The second-order valence-electron chi connectivity index (χ2n) is 12.7. The lowest BCUT2D eigenvalue weighted by Gasteiger charge is -2.60. The molecule has 0 saturated heterocycles. The van der Waals surface area contributed by atoms with Crippen LogP contribution in [0.25, 0.3) is 10.9 Å². The standard InChI is InChI=1S/C31H38N4O3S/c1-19-6-5-7-27(34-19)39-18-26(37)31(38)11-10-23-22-9-8-21-14-24-20(17-33-35(24)13-12-32-4)15-29(21,2)28(22)25(36)16-30(23,31)3/h5-7,14,17,22-23,25,28,36,38H,8-13,15-16,18H2,1-3H3/t22?,23?,25?,28?,29?,30?,31-/m0/s1. The van der Waals surface area contributed by atoms with Gasteiger partial charge in [-0.05, 0) is 92.4 Å². The number of aliphatic hydroxyl groups excluding tert-OH is 1. The van der Waals surface area contributed by atoms with Crippen molar-refractivity contribution in [2.45, 2.75) is 82.6 Å². The number of carbonyl (C=O) groups is 1. The molecule has 2 N–H and O–H groups in total. The van der Waals surface area contributed by atoms with E-state index in [9.17, 15) is 15.0 Å². The van der Waals surface area contributed by atoms with E-state index >= 15 is 0 Å². The van der Waals surface area contributed by atoms with Crippen LogP contribution in [0.1, 0.15) is 62.9 Å². The Kier molecular flexibility index (Phi) is 6.56. The third-order valence-electron chi connectivity index (χ3n) is 10.7. The van der Waals surface area contributed by atoms with Gasteiger partial charge in [-0.3, -0.25) is 9.48 Å². The maximum Gasteiger partial charge on any atom is 0.234 e. The summed E-state index contributed by atoms with van der Waals surface area (Å²) in [7, 11) is 0. The number of nitrogens with zero attached hydrogens (tertiary/aromatic N) is 4. The first-order chi connectivity index (χ1) is 18.6. The van der Waals surface area contributed by atoms with E-state index in [0.29, 0.717) is 25.9 Å². The van der Waals surface area contributed by atoms with Crippen molar-refractivity contribution in [3.05, 3.63) is 58.3 Å². The smallest absolute Gasteiger partial charge is 0.234 e. The van der Waals surface area contributed by atoms with Crippen LogP contribution in [0, 0.1) is 42.1 Å². The maximum absolute atomic E-state index is 13.6. The van der Waals surface area contributed by atoms with Crippen LogP contribution >= 0.6 is 11.8 Å². The summed E-state index contributed by atoms with van der Waals surface area (Å²) >= 11 is 1.39. The zero-order valence-electron chi connectivity index (χ0n) is 23.1. The molecule has 3 fully saturated rings. The van der Waals surface area contributed by atoms with Crippen LogP contribution < -0.4 is 0 Å². The molecule has 0 amide bonds. The summed E-state index contributed by atoms with van der Waals surface area (Å²) < 4.78 is 1.95. The minimum absolute atomic E-state index is 0.0821. The average Bonchev–Trinajstić information content (AvgIpc) is 3.41. The highest BCUT2D eigenvalue weighted by Crippen LogP contribution is 2.67. The van der Waals surface area contributed by atoms with Gasteiger partial charge in [0.25, 0.3) is 0 Å². The molecule has 206 valence electrons. The van der Waals surface area contributed by atoms with Crippen molar-refractivity contribution >= 4 is 23.6 Å². The number of pyridine rings is 1. The summed E-state index contributed by atoms with van der Waals surface area (Å²) in [5.41, 5.74) is 2.32. The molecule has 8 heteroatoms. The molecule has 39 heavy (non-hydrogen) atoms. The Morgan fingerprint density at radius 1 is 1.31 bits per heavy atom. The quantitative estimate of drug-likeness (QED) is 0.401. The molecule has 2 aromatic heterocycles. The molecule has 6 unspecified atom stereocenters. The van der Waals surface area contributed by atoms with Gasteiger partial charge in [-0.1, -0.05) is 37.2 Å². The first-order valence-corrected chi connectivity index (χ1v) is 15.2. The summed E-state index contributed by atoms with van der Waals surface area (Å²) in [6.07, 6.45) is 8.08. The van der Waals surface area contributed by atoms with Crippen LogP contribution in [0.2, 0.25) is 0 Å². The van der Waals surface area contributed by atoms with Crippen molar-refractivity contribution in [3.8, 4) is 0 Å². The molecule has 2 aromatic rings. The lowest BCUT2D eigenvalue weighted by molar-refractivity contribution is -0.177. The van der Waals surface area contributed by atoms with Gasteiger partial charge < -0.3 is 15.1 Å². The number of aryl methyl sites for hydroxylation is 1. The number of aromatic nitrogens is 3. The Bertz CT molecular complexity index is 1380. The molecular weight excluding hydrogens is 508 g/mol. The molecule has 2 heterocycles. The number of fused-ring (bicyclic) bond motifs is 6. The van der Waals surface area contributed by atoms with Gasteiger partial charge in [0.1, 0.15) is 12.1 Å². The first-order valence-electron chi connectivity index (χ1n) is 14.2. The number of hydrogen-bond donors (Lipinski definition) is 2. The minimum Gasteiger partial charge on any atom is -0.393 e. The fourth-order valence-corrected chi connectivity index (χ4v) is 9.78. The van der Waals surface area contributed by atoms with Crippen molar-refractivity contribution in [2.24, 2.45) is 28.6 Å². The number of rotatable bonds is 6. The second kappa shape index (κ2) is 9.57. The molecule has 4 aliphatic rings. The predicted molar refractivity (Wildman–Crippen MR) is 151 cm³/mol. The van der Waals surface area contributed by atoms with Gasteiger partial charge in [-0.15, -0.1) is 0 Å². The number of allylic oxidation sites excluding steroid dienone is 1. The SMILES string of the molecule is [C-]#[N+]CCn1ncc2c1C=C1CCC3C(C(O)CC4(C)C3CC[C@]4(O)C(=O)CSc3cccc(C)n3)C1(C)C2. The number of carbonyl (C=O) groups excluding carboxylic acids is 1. The first kappa shape index (κ1) is 26.7. The topological polar surface area (TPSA) is 92.6 Å². The van der Waals surface area contributed by atoms with Gasteiger partial charge in [0.05, 0.1) is 28.8 Å². The van der Waals surface area contributed by atoms with E-state index in [1.165, 1.54) is 22.9 Å². The van der Waals surface area contributed by atoms with E-state index in [1.807, 2.05) is 36.0 Å². The lowest BCUT2D eigenvalue weighted by atomic mass is 9.45. The molecule has 0 aliphatic heterocycles. The van der Waals surface area contributed by atoms with Gasteiger partial charge in [-0.25, -0.2) is 11.6 Å². The molecule has 7 nitrogen and oxygen atoms in total. The number of ketones is 1. The number of aliphatic hydroxyl groups is 2. The van der Waals surface area contributed by atoms with Gasteiger partial charge in [-0.2, -0.15) is 5.10 Å². The molecule has 4 aliphatic carbocycles. The van der Waals surface area contributed by atoms with Crippen LogP contribution in [0.5, 0.6) is 0 Å². The number of hydrogen-bond acceptors (Lipinski definition) is 6. The van der Waals surface area contributed by atoms with E-state index in [1.54, 1.807) is 0 Å². The Morgan fingerprint density at radius 2 is 2.13 bits per heavy atom. The zero-order valence-corrected chi connectivity index (χ0v) is 23.9. The molecule has 0 spiro atoms. The third-order valence-corrected chi connectivity index (χ3v) is 11.7. The predicted octanol–water partition coefficient (Wildman–Crippen LogP) is 4.75. The van der Waals surface area contributed by atoms with Gasteiger partial charge in [0.15, 0.2) is 5.78 Å². The highest BCUT2D eigenvalue weighted by Gasteiger charge is 2.68. The number of thioether (sulfide) groups is 1. The highest BCUT2D eigenvalue weighted by molar-refractivity contribution is 7.99. The highest BCUT2D eigenvalue weighted by atomic mass is 32.2. The molecule has 0 bridgehead atoms. The molecule has 6 rings (SSSR count). The van der Waals surface area contributed by atoms with Gasteiger partial charge in [0, 0.05) is 11.1 Å². The Labute approximate surface area is 234 Å². The molecular formula is C31H38N4O3S. The van der Waals surface area contributed by atoms with Crippen LogP contribution in [0.4, 0.5) is 0 Å². The Balaban J connectivity index is 1.25. The summed E-state index contributed by atoms with van der Waals surface area (Å²) in [6.45, 7) is 14.5. The van der Waals surface area contributed by atoms with E-state index < -0.39 is 17.1 Å². The summed E-state index contributed by atoms with van der Waals surface area (Å²) in [5, 5.41) is 29.2. The monoisotopic (exact) mass is 546 g/mol. The van der Waals surface area contributed by atoms with Crippen LogP contribution in [0.3, 0.4) is 0 Å². The molecule has 7 atom stereocenters. The molecule has 3 saturated carbocycles. The summed E-state index contributed by atoms with van der Waals surface area (Å²) in [5.74, 6) is 0.585. The minimum atomic E-state index is -1.43. The molecule has 0 aromatic carbocycles. The fraction of sp³-hybridized carbons (Fsp3) is 0.613. The van der Waals surface area contributed by atoms with E-state index in [4.69, 9.17) is 6.57 Å². The summed E-state index contributed by atoms with van der Waals surface area (Å²) in [4.78, 5) is 21.6. The molecule has 0 radical (unpaired) electrons. The van der Waals surface area contributed by atoms with Crippen LogP contribution in [-0.2, 0) is 17.8 Å². The van der Waals surface area contributed by atoms with E-state index in [2.05, 4.69) is 34.9 Å². The summed E-state index contributed by atoms with van der Waals surface area (Å²) in [6, 6.07) is 5.77. The van der Waals surface area contributed by atoms with Gasteiger partial charge >= 0.3 is 0 Å². The van der Waals surface area contributed by atoms with E-state index in [0.717, 1.165) is 42.1 Å². The average molecular weight is 547 g/mol. The second-order valence-corrected chi connectivity index (χ2v) is 13.7. The third kappa shape index (κ3) is 4.03. The maximum atomic E-state index is 13.6. The van der Waals surface area contributed by atoms with Gasteiger partial charge in [0.2, 0.25) is 6.54 Å². The van der Waals surface area contributed by atoms with Crippen LogP contribution in [-0.4, -0.2) is 54.8 Å². The Morgan fingerprint density at radius 3 is 2.90 bits per heavy atom. The number of Topliss-reactive ketones (excluding diaryl/α,β-unsaturated/α-hetero) is 1. The van der Waals surface area contributed by atoms with Crippen molar-refractivity contribution in [1.82, 2.24) is 14.8 Å². The van der Waals surface area contributed by atoms with Crippen molar-refractivity contribution in [1.29, 1.82) is 0 Å². The zero-order chi connectivity index (χ0) is 27.6. The van der Waals surface area contributed by atoms with Crippen LogP contribution in [0.15, 0.2) is 35.0 Å². The van der Waals surface area contributed by atoms with Crippen molar-refractivity contribution in [2.75, 3.05) is 12.3 Å². The largest absolute Gasteiger partial charge is 0.393 e.